The lowest BCUT2D eigenvalue weighted by Gasteiger charge is -2.45. The van der Waals surface area contributed by atoms with E-state index in [0.717, 1.165) is 25.6 Å². The van der Waals surface area contributed by atoms with E-state index >= 15 is 0 Å². The molecule has 3 nitrogen and oxygen atoms in total. The van der Waals surface area contributed by atoms with E-state index in [-0.39, 0.29) is 0 Å². The van der Waals surface area contributed by atoms with Crippen molar-refractivity contribution in [3.8, 4) is 0 Å². The molecule has 0 saturated heterocycles. The highest BCUT2D eigenvalue weighted by molar-refractivity contribution is 4.91. The molecule has 0 aliphatic heterocycles. The lowest BCUT2D eigenvalue weighted by Crippen LogP contribution is -2.50. The van der Waals surface area contributed by atoms with Crippen LogP contribution in [0.2, 0.25) is 0 Å². The summed E-state index contributed by atoms with van der Waals surface area (Å²) in [6.07, 6.45) is 5.63. The van der Waals surface area contributed by atoms with Crippen LogP contribution in [-0.2, 0) is 0 Å². The number of hydrogen-bond acceptors (Lipinski definition) is 3. The van der Waals surface area contributed by atoms with Gasteiger partial charge in [0.05, 0.1) is 0 Å². The van der Waals surface area contributed by atoms with E-state index in [9.17, 15) is 0 Å². The summed E-state index contributed by atoms with van der Waals surface area (Å²) in [5.41, 5.74) is 0.490. The molecule has 1 rings (SSSR count). The van der Waals surface area contributed by atoms with Crippen molar-refractivity contribution in [2.24, 2.45) is 11.3 Å². The van der Waals surface area contributed by atoms with Gasteiger partial charge in [0, 0.05) is 25.7 Å². The molecule has 0 spiro atoms. The fourth-order valence-corrected chi connectivity index (χ4v) is 4.17. The highest BCUT2D eigenvalue weighted by Gasteiger charge is 2.36. The molecule has 126 valence electrons. The number of nitrogens with one attached hydrogen (secondary N) is 1. The first-order chi connectivity index (χ1) is 9.92. The second kappa shape index (κ2) is 9.12. The molecule has 0 radical (unpaired) electrons. The van der Waals surface area contributed by atoms with Crippen LogP contribution in [0.25, 0.3) is 0 Å². The van der Waals surface area contributed by atoms with Crippen LogP contribution in [0, 0.1) is 11.3 Å². The predicted octanol–water partition coefficient (Wildman–Crippen LogP) is 3.06. The van der Waals surface area contributed by atoms with Crippen LogP contribution in [0.15, 0.2) is 0 Å². The summed E-state index contributed by atoms with van der Waals surface area (Å²) in [4.78, 5) is 5.02. The van der Waals surface area contributed by atoms with Crippen LogP contribution in [0.3, 0.4) is 0 Å². The van der Waals surface area contributed by atoms with Crippen molar-refractivity contribution in [1.82, 2.24) is 15.1 Å². The van der Waals surface area contributed by atoms with Crippen molar-refractivity contribution in [1.29, 1.82) is 0 Å². The molecule has 0 bridgehead atoms. The van der Waals surface area contributed by atoms with Crippen LogP contribution in [0.1, 0.15) is 53.4 Å². The minimum absolute atomic E-state index is 0.490. The summed E-state index contributed by atoms with van der Waals surface area (Å²) in [6, 6.07) is 0.640. The van der Waals surface area contributed by atoms with Crippen LogP contribution >= 0.6 is 0 Å². The first kappa shape index (κ1) is 18.9. The predicted molar refractivity (Wildman–Crippen MR) is 93.9 cm³/mol. The molecular formula is C18H39N3. The molecule has 1 aliphatic rings. The second-order valence-corrected chi connectivity index (χ2v) is 7.66. The van der Waals surface area contributed by atoms with Crippen molar-refractivity contribution in [2.45, 2.75) is 59.4 Å². The highest BCUT2D eigenvalue weighted by atomic mass is 15.2. The van der Waals surface area contributed by atoms with E-state index in [1.807, 2.05) is 0 Å². The summed E-state index contributed by atoms with van der Waals surface area (Å²) in [6.45, 7) is 15.2. The fourth-order valence-electron chi connectivity index (χ4n) is 4.17. The zero-order valence-electron chi connectivity index (χ0n) is 15.4. The van der Waals surface area contributed by atoms with Crippen molar-refractivity contribution in [2.75, 3.05) is 46.8 Å². The fraction of sp³-hybridized carbons (Fsp3) is 1.00. The van der Waals surface area contributed by atoms with Crippen molar-refractivity contribution in [3.05, 3.63) is 0 Å². The summed E-state index contributed by atoms with van der Waals surface area (Å²) < 4.78 is 0. The molecule has 0 aromatic carbocycles. The third-order valence-electron chi connectivity index (χ3n) is 5.13. The van der Waals surface area contributed by atoms with Crippen LogP contribution in [0.4, 0.5) is 0 Å². The van der Waals surface area contributed by atoms with Gasteiger partial charge in [-0.2, -0.15) is 0 Å². The Morgan fingerprint density at radius 1 is 1.29 bits per heavy atom. The summed E-state index contributed by atoms with van der Waals surface area (Å²) in [7, 11) is 4.36. The smallest absolute Gasteiger partial charge is 0.0194 e. The Kier molecular flexibility index (Phi) is 8.22. The molecule has 1 fully saturated rings. The molecule has 1 aliphatic carbocycles. The van der Waals surface area contributed by atoms with Crippen molar-refractivity contribution < 1.29 is 0 Å². The minimum atomic E-state index is 0.490. The maximum absolute atomic E-state index is 3.65. The van der Waals surface area contributed by atoms with E-state index < -0.39 is 0 Å². The van der Waals surface area contributed by atoms with Gasteiger partial charge >= 0.3 is 0 Å². The topological polar surface area (TPSA) is 18.5 Å². The summed E-state index contributed by atoms with van der Waals surface area (Å²) in [5.74, 6) is 0.889. The van der Waals surface area contributed by atoms with Crippen LogP contribution < -0.4 is 5.32 Å². The first-order valence-corrected chi connectivity index (χ1v) is 9.02. The molecule has 0 heterocycles. The van der Waals surface area contributed by atoms with Gasteiger partial charge in [-0.3, -0.25) is 4.90 Å². The quantitative estimate of drug-likeness (QED) is 0.705. The maximum Gasteiger partial charge on any atom is 0.0194 e. The van der Waals surface area contributed by atoms with Crippen molar-refractivity contribution >= 4 is 0 Å². The van der Waals surface area contributed by atoms with Gasteiger partial charge in [-0.05, 0) is 58.3 Å². The molecule has 1 saturated carbocycles. The molecule has 0 aromatic rings. The zero-order valence-corrected chi connectivity index (χ0v) is 15.4. The molecule has 3 heteroatoms. The molecule has 3 atom stereocenters. The molecule has 0 aromatic heterocycles. The normalized spacial score (nSPS) is 28.3. The standard InChI is InChI=1S/C18H39N3/c1-7-19-14-18(11-9-10-16(3)12-18)15-21(8-2)17(4)13-20(5)6/h16-17,19H,7-15H2,1-6H3. The number of rotatable bonds is 9. The lowest BCUT2D eigenvalue weighted by atomic mass is 9.69. The maximum atomic E-state index is 3.65. The van der Waals surface area contributed by atoms with Gasteiger partial charge in [0.2, 0.25) is 0 Å². The number of likely N-dealkylation sites (N-methyl/N-ethyl adjacent to an activating group) is 2. The average Bonchev–Trinajstić information content (AvgIpc) is 2.42. The Bertz CT molecular complexity index is 280. The third kappa shape index (κ3) is 6.25. The highest BCUT2D eigenvalue weighted by Crippen LogP contribution is 2.40. The van der Waals surface area contributed by atoms with E-state index in [1.54, 1.807) is 0 Å². The van der Waals surface area contributed by atoms with Crippen LogP contribution in [0.5, 0.6) is 0 Å². The number of hydrogen-bond donors (Lipinski definition) is 1. The van der Waals surface area contributed by atoms with Gasteiger partial charge in [0.25, 0.3) is 0 Å². The van der Waals surface area contributed by atoms with E-state index in [0.29, 0.717) is 11.5 Å². The Balaban J connectivity index is 2.72. The van der Waals surface area contributed by atoms with Gasteiger partial charge in [-0.1, -0.05) is 33.6 Å². The number of nitrogens with zero attached hydrogens (tertiary/aromatic N) is 2. The lowest BCUT2D eigenvalue weighted by molar-refractivity contribution is 0.0580. The Labute approximate surface area is 133 Å². The minimum Gasteiger partial charge on any atom is -0.316 e. The SMILES string of the molecule is CCNCC1(CN(CC)C(C)CN(C)C)CCCC(C)C1. The second-order valence-electron chi connectivity index (χ2n) is 7.66. The van der Waals surface area contributed by atoms with Gasteiger partial charge in [0.15, 0.2) is 0 Å². The molecule has 21 heavy (non-hydrogen) atoms. The van der Waals surface area contributed by atoms with E-state index in [2.05, 4.69) is 56.9 Å². The van der Waals surface area contributed by atoms with E-state index in [4.69, 9.17) is 0 Å². The van der Waals surface area contributed by atoms with Gasteiger partial charge in [-0.25, -0.2) is 0 Å². The van der Waals surface area contributed by atoms with Gasteiger partial charge in [0.1, 0.15) is 0 Å². The average molecular weight is 298 g/mol. The molecule has 1 N–H and O–H groups in total. The molecular weight excluding hydrogens is 258 g/mol. The monoisotopic (exact) mass is 297 g/mol. The Hall–Kier alpha value is -0.120. The van der Waals surface area contributed by atoms with E-state index in [1.165, 1.54) is 38.8 Å². The zero-order chi connectivity index (χ0) is 15.9. The first-order valence-electron chi connectivity index (χ1n) is 9.02. The molecule has 0 amide bonds. The Morgan fingerprint density at radius 3 is 2.52 bits per heavy atom. The van der Waals surface area contributed by atoms with Crippen LogP contribution in [-0.4, -0.2) is 62.7 Å². The molecule has 3 unspecified atom stereocenters. The van der Waals surface area contributed by atoms with Gasteiger partial charge < -0.3 is 10.2 Å². The largest absolute Gasteiger partial charge is 0.316 e. The van der Waals surface area contributed by atoms with Gasteiger partial charge in [-0.15, -0.1) is 0 Å². The summed E-state index contributed by atoms with van der Waals surface area (Å²) >= 11 is 0. The Morgan fingerprint density at radius 2 is 2.00 bits per heavy atom. The summed E-state index contributed by atoms with van der Waals surface area (Å²) in [5, 5.41) is 3.65. The third-order valence-corrected chi connectivity index (χ3v) is 5.13. The van der Waals surface area contributed by atoms with Crippen molar-refractivity contribution in [3.63, 3.8) is 0 Å².